The molecule has 0 unspecified atom stereocenters. The Hall–Kier alpha value is -3.09. The highest BCUT2D eigenvalue weighted by Crippen LogP contribution is 2.25. The second-order valence-corrected chi connectivity index (χ2v) is 7.48. The molecule has 6 heteroatoms. The molecule has 0 aromatic heterocycles. The van der Waals surface area contributed by atoms with Gasteiger partial charge in [0.1, 0.15) is 11.5 Å². The van der Waals surface area contributed by atoms with Gasteiger partial charge in [-0.25, -0.2) is 0 Å². The van der Waals surface area contributed by atoms with Crippen molar-refractivity contribution in [3.8, 4) is 11.5 Å². The van der Waals surface area contributed by atoms with Crippen molar-refractivity contribution >= 4 is 24.2 Å². The van der Waals surface area contributed by atoms with Crippen LogP contribution in [0, 0.1) is 0 Å². The number of rotatable bonds is 16. The lowest BCUT2D eigenvalue weighted by molar-refractivity contribution is -0.140. The summed E-state index contributed by atoms with van der Waals surface area (Å²) < 4.78 is 26.6. The van der Waals surface area contributed by atoms with E-state index >= 15 is 0 Å². The first-order valence-corrected chi connectivity index (χ1v) is 11.7. The number of benzene rings is 2. The summed E-state index contributed by atoms with van der Waals surface area (Å²) in [7, 11) is 1.42. The maximum absolute atomic E-state index is 11.2. The van der Waals surface area contributed by atoms with E-state index in [1.807, 2.05) is 44.2 Å². The summed E-state index contributed by atoms with van der Waals surface area (Å²) >= 11 is 0. The molecule has 34 heavy (non-hydrogen) atoms. The summed E-state index contributed by atoms with van der Waals surface area (Å²) in [6.07, 6.45) is 11.5. The monoisotopic (exact) mass is 468 g/mol. The number of ether oxygens (including phenoxy) is 5. The van der Waals surface area contributed by atoms with Gasteiger partial charge in [-0.2, -0.15) is 0 Å². The van der Waals surface area contributed by atoms with Crippen molar-refractivity contribution < 1.29 is 28.5 Å². The Morgan fingerprint density at radius 1 is 0.794 bits per heavy atom. The molecule has 0 N–H and O–H groups in total. The highest BCUT2D eigenvalue weighted by atomic mass is 16.7. The highest BCUT2D eigenvalue weighted by Gasteiger charge is 2.03. The van der Waals surface area contributed by atoms with E-state index in [9.17, 15) is 4.79 Å². The third-order valence-corrected chi connectivity index (χ3v) is 4.85. The van der Waals surface area contributed by atoms with Crippen LogP contribution in [0.2, 0.25) is 0 Å². The first kappa shape index (κ1) is 27.2. The third kappa shape index (κ3) is 11.2. The molecule has 2 rings (SSSR count). The number of allylic oxidation sites excluding steroid dienone is 1. The number of unbranched alkanes of at least 4 members (excludes halogenated alkanes) is 2. The normalized spacial score (nSPS) is 11.3. The summed E-state index contributed by atoms with van der Waals surface area (Å²) in [6, 6.07) is 14.0. The van der Waals surface area contributed by atoms with Gasteiger partial charge in [0, 0.05) is 25.7 Å². The van der Waals surface area contributed by atoms with Crippen molar-refractivity contribution in [3.05, 3.63) is 65.2 Å². The van der Waals surface area contributed by atoms with E-state index < -0.39 is 0 Å². The highest BCUT2D eigenvalue weighted by molar-refractivity contribution is 5.72. The predicted molar refractivity (Wildman–Crippen MR) is 136 cm³/mol. The summed E-state index contributed by atoms with van der Waals surface area (Å²) in [5, 5.41) is 0. The molecule has 2 aromatic rings. The molecule has 0 saturated carbocycles. The van der Waals surface area contributed by atoms with Crippen LogP contribution in [0.15, 0.2) is 48.5 Å². The second kappa shape index (κ2) is 16.5. The lowest BCUT2D eigenvalue weighted by atomic mass is 10.1. The Morgan fingerprint density at radius 2 is 1.41 bits per heavy atom. The van der Waals surface area contributed by atoms with Gasteiger partial charge in [0.15, 0.2) is 13.6 Å². The van der Waals surface area contributed by atoms with Gasteiger partial charge < -0.3 is 23.7 Å². The minimum Gasteiger partial charge on any atom is -0.469 e. The molecule has 0 amide bonds. The molecule has 0 spiro atoms. The third-order valence-electron chi connectivity index (χ3n) is 4.85. The van der Waals surface area contributed by atoms with E-state index in [4.69, 9.17) is 18.9 Å². The molecule has 0 atom stereocenters. The van der Waals surface area contributed by atoms with Gasteiger partial charge in [-0.15, -0.1) is 0 Å². The Bertz CT molecular complexity index is 891. The first-order chi connectivity index (χ1) is 16.6. The maximum atomic E-state index is 11.2. The fourth-order valence-corrected chi connectivity index (χ4v) is 3.05. The predicted octanol–water partition coefficient (Wildman–Crippen LogP) is 6.35. The Labute approximate surface area is 203 Å². The molecule has 184 valence electrons. The van der Waals surface area contributed by atoms with E-state index in [-0.39, 0.29) is 19.6 Å². The van der Waals surface area contributed by atoms with E-state index in [1.165, 1.54) is 7.11 Å². The fraction of sp³-hybridized carbons (Fsp3) is 0.393. The standard InChI is InChI=1S/C28H36O6/c1-4-31-21-33-26-18-25(19-27(20-26)34-22-32-5-2)16-15-24-13-10-12-23(17-24)11-8-6-7-9-14-28(29)30-3/h8,10-13,15-20H,4-7,9,14,21-22H2,1-3H3/b11-8+,16-15+. The van der Waals surface area contributed by atoms with Gasteiger partial charge in [-0.1, -0.05) is 42.5 Å². The number of hydrogen-bond donors (Lipinski definition) is 0. The van der Waals surface area contributed by atoms with Crippen LogP contribution >= 0.6 is 0 Å². The smallest absolute Gasteiger partial charge is 0.305 e. The Kier molecular flexibility index (Phi) is 13.2. The van der Waals surface area contributed by atoms with Crippen LogP contribution in [0.3, 0.4) is 0 Å². The van der Waals surface area contributed by atoms with Crippen molar-refractivity contribution in [2.24, 2.45) is 0 Å². The number of carbonyl (C=O) groups excluding carboxylic acids is 1. The van der Waals surface area contributed by atoms with Gasteiger partial charge in [0.05, 0.1) is 7.11 Å². The maximum Gasteiger partial charge on any atom is 0.305 e. The quantitative estimate of drug-likeness (QED) is 0.124. The number of esters is 1. The minimum atomic E-state index is -0.150. The lowest BCUT2D eigenvalue weighted by Gasteiger charge is -2.11. The first-order valence-electron chi connectivity index (χ1n) is 11.7. The number of hydrogen-bond acceptors (Lipinski definition) is 6. The minimum absolute atomic E-state index is 0.150. The molecule has 2 aromatic carbocycles. The Balaban J connectivity index is 2.01. The summed E-state index contributed by atoms with van der Waals surface area (Å²) in [5.41, 5.74) is 3.17. The van der Waals surface area contributed by atoms with Crippen LogP contribution < -0.4 is 9.47 Å². The summed E-state index contributed by atoms with van der Waals surface area (Å²) in [5.74, 6) is 1.19. The second-order valence-electron chi connectivity index (χ2n) is 7.48. The van der Waals surface area contributed by atoms with Crippen molar-refractivity contribution in [1.82, 2.24) is 0 Å². The fourth-order valence-electron chi connectivity index (χ4n) is 3.05. The van der Waals surface area contributed by atoms with Crippen LogP contribution in [0.4, 0.5) is 0 Å². The zero-order valence-electron chi connectivity index (χ0n) is 20.5. The zero-order valence-corrected chi connectivity index (χ0v) is 20.5. The van der Waals surface area contributed by atoms with Crippen LogP contribution in [-0.4, -0.2) is 39.9 Å². The largest absolute Gasteiger partial charge is 0.469 e. The SMILES string of the molecule is CCOCOc1cc(/C=C/c2cccc(/C=C/CCCCC(=O)OC)c2)cc(OCOCC)c1. The molecule has 0 aliphatic carbocycles. The van der Waals surface area contributed by atoms with E-state index in [1.54, 1.807) is 0 Å². The average Bonchev–Trinajstić information content (AvgIpc) is 2.85. The topological polar surface area (TPSA) is 63.2 Å². The van der Waals surface area contributed by atoms with Crippen LogP contribution in [0.1, 0.15) is 56.2 Å². The zero-order chi connectivity index (χ0) is 24.4. The van der Waals surface area contributed by atoms with Crippen LogP contribution in [-0.2, 0) is 19.0 Å². The molecule has 0 radical (unpaired) electrons. The molecule has 0 heterocycles. The van der Waals surface area contributed by atoms with Crippen molar-refractivity contribution in [3.63, 3.8) is 0 Å². The van der Waals surface area contributed by atoms with Gasteiger partial charge in [-0.3, -0.25) is 4.79 Å². The molecule has 0 aliphatic rings. The number of carbonyl (C=O) groups is 1. The molecular formula is C28H36O6. The van der Waals surface area contributed by atoms with Crippen LogP contribution in [0.25, 0.3) is 18.2 Å². The molecule has 0 aliphatic heterocycles. The summed E-state index contributed by atoms with van der Waals surface area (Å²) in [6.45, 7) is 5.40. The molecular weight excluding hydrogens is 432 g/mol. The van der Waals surface area contributed by atoms with Crippen molar-refractivity contribution in [2.75, 3.05) is 33.9 Å². The van der Waals surface area contributed by atoms with Gasteiger partial charge in [0.2, 0.25) is 0 Å². The molecule has 6 nitrogen and oxygen atoms in total. The molecule has 0 saturated heterocycles. The van der Waals surface area contributed by atoms with Gasteiger partial charge in [0.25, 0.3) is 0 Å². The molecule has 0 bridgehead atoms. The summed E-state index contributed by atoms with van der Waals surface area (Å²) in [4.78, 5) is 11.2. The average molecular weight is 469 g/mol. The lowest BCUT2D eigenvalue weighted by Crippen LogP contribution is -2.04. The molecule has 0 fully saturated rings. The van der Waals surface area contributed by atoms with Gasteiger partial charge >= 0.3 is 5.97 Å². The van der Waals surface area contributed by atoms with E-state index in [0.717, 1.165) is 36.0 Å². The van der Waals surface area contributed by atoms with Crippen molar-refractivity contribution in [1.29, 1.82) is 0 Å². The Morgan fingerprint density at radius 3 is 2.03 bits per heavy atom. The van der Waals surface area contributed by atoms with Crippen molar-refractivity contribution in [2.45, 2.75) is 39.5 Å². The van der Waals surface area contributed by atoms with Crippen LogP contribution in [0.5, 0.6) is 11.5 Å². The van der Waals surface area contributed by atoms with E-state index in [2.05, 4.69) is 41.2 Å². The number of methoxy groups -OCH3 is 1. The van der Waals surface area contributed by atoms with Gasteiger partial charge in [-0.05, 0) is 68.0 Å². The van der Waals surface area contributed by atoms with E-state index in [0.29, 0.717) is 31.1 Å².